The van der Waals surface area contributed by atoms with Crippen LogP contribution in [0.15, 0.2) is 52.5 Å². The van der Waals surface area contributed by atoms with Crippen LogP contribution in [0.1, 0.15) is 28.5 Å². The van der Waals surface area contributed by atoms with Gasteiger partial charge in [0.05, 0.1) is 31.3 Å². The molecule has 6 rings (SSSR count). The normalized spacial score (nSPS) is 20.6. The molecule has 3 aromatic heterocycles. The largest absolute Gasteiger partial charge is 0.466 e. The lowest BCUT2D eigenvalue weighted by Gasteiger charge is -2.35. The predicted octanol–water partition coefficient (Wildman–Crippen LogP) is 3.68. The van der Waals surface area contributed by atoms with Crippen molar-refractivity contribution in [1.82, 2.24) is 30.1 Å². The highest BCUT2D eigenvalue weighted by Gasteiger charge is 2.52. The van der Waals surface area contributed by atoms with Gasteiger partial charge in [-0.2, -0.15) is 4.98 Å². The topological polar surface area (TPSA) is 141 Å². The molecule has 1 saturated heterocycles. The van der Waals surface area contributed by atoms with Crippen molar-refractivity contribution in [3.63, 3.8) is 0 Å². The first-order valence-electron chi connectivity index (χ1n) is 12.4. The average Bonchev–Trinajstić information content (AvgIpc) is 3.57. The molecular formula is C26H22F3N9O2S. The van der Waals surface area contributed by atoms with Crippen molar-refractivity contribution >= 4 is 34.8 Å². The summed E-state index contributed by atoms with van der Waals surface area (Å²) in [4.78, 5) is 26.9. The van der Waals surface area contributed by atoms with Crippen molar-refractivity contribution < 1.29 is 22.4 Å². The quantitative estimate of drug-likeness (QED) is 0.342. The van der Waals surface area contributed by atoms with Gasteiger partial charge in [-0.3, -0.25) is 0 Å². The molecule has 2 atom stereocenters. The molecule has 2 N–H and O–H groups in total. The Hall–Kier alpha value is -4.53. The van der Waals surface area contributed by atoms with Crippen LogP contribution in [-0.2, 0) is 12.1 Å². The van der Waals surface area contributed by atoms with Crippen molar-refractivity contribution in [2.45, 2.75) is 19.1 Å². The Labute approximate surface area is 235 Å². The van der Waals surface area contributed by atoms with E-state index in [1.54, 1.807) is 13.0 Å². The van der Waals surface area contributed by atoms with E-state index in [1.165, 1.54) is 42.4 Å². The number of thioether (sulfide) groups is 1. The molecule has 2 aliphatic heterocycles. The van der Waals surface area contributed by atoms with Crippen LogP contribution in [0.3, 0.4) is 0 Å². The van der Waals surface area contributed by atoms with Crippen LogP contribution in [-0.4, -0.2) is 54.1 Å². The summed E-state index contributed by atoms with van der Waals surface area (Å²) in [7, 11) is 0. The number of ether oxygens (including phenoxy) is 1. The van der Waals surface area contributed by atoms with Gasteiger partial charge < -0.3 is 19.9 Å². The van der Waals surface area contributed by atoms with Gasteiger partial charge in [-0.05, 0) is 30.7 Å². The Kier molecular flexibility index (Phi) is 7.03. The maximum atomic E-state index is 15.4. The molecule has 4 aromatic rings. The monoisotopic (exact) mass is 581 g/mol. The molecule has 0 unspecified atom stereocenters. The third kappa shape index (κ3) is 5.44. The number of hydrogen-bond acceptors (Lipinski definition) is 12. The molecule has 0 bridgehead atoms. The smallest absolute Gasteiger partial charge is 0.264 e. The Balaban J connectivity index is 1.26. The summed E-state index contributed by atoms with van der Waals surface area (Å²) in [5.41, 5.74) is 5.67. The Morgan fingerprint density at radius 3 is 2.76 bits per heavy atom. The summed E-state index contributed by atoms with van der Waals surface area (Å²) >= 11 is 1.38. The van der Waals surface area contributed by atoms with Gasteiger partial charge in [0.2, 0.25) is 11.8 Å². The summed E-state index contributed by atoms with van der Waals surface area (Å²) in [5, 5.41) is 3.99. The van der Waals surface area contributed by atoms with E-state index in [1.807, 2.05) is 4.90 Å². The van der Waals surface area contributed by atoms with Crippen molar-refractivity contribution in [2.75, 3.05) is 23.7 Å². The summed E-state index contributed by atoms with van der Waals surface area (Å²) in [6, 6.07) is 4.29. The highest BCUT2D eigenvalue weighted by Crippen LogP contribution is 2.47. The summed E-state index contributed by atoms with van der Waals surface area (Å²) in [5.74, 6) is -0.122. The maximum Gasteiger partial charge on any atom is 0.264 e. The second kappa shape index (κ2) is 10.8. The minimum Gasteiger partial charge on any atom is -0.466 e. The van der Waals surface area contributed by atoms with Gasteiger partial charge >= 0.3 is 0 Å². The number of amidine groups is 1. The van der Waals surface area contributed by atoms with E-state index in [0.717, 1.165) is 12.4 Å². The number of fused-ring (bicyclic) bond motifs is 1. The molecule has 210 valence electrons. The number of nitrogens with two attached hydrogens (primary N) is 1. The van der Waals surface area contributed by atoms with Gasteiger partial charge in [-0.1, -0.05) is 23.0 Å². The van der Waals surface area contributed by atoms with Gasteiger partial charge in [0, 0.05) is 23.8 Å². The fraction of sp³-hybridized carbons (Fsp3) is 0.269. The first-order chi connectivity index (χ1) is 19.8. The van der Waals surface area contributed by atoms with E-state index in [0.29, 0.717) is 34.8 Å². The zero-order valence-corrected chi connectivity index (χ0v) is 22.4. The number of nitrogens with zero attached hydrogens (tertiary/aromatic N) is 8. The fourth-order valence-corrected chi connectivity index (χ4v) is 5.83. The summed E-state index contributed by atoms with van der Waals surface area (Å²) in [6.07, 6.45) is 5.89. The van der Waals surface area contributed by atoms with Crippen molar-refractivity contribution in [3.05, 3.63) is 83.2 Å². The molecule has 11 nitrogen and oxygen atoms in total. The molecule has 1 fully saturated rings. The Morgan fingerprint density at radius 1 is 1.20 bits per heavy atom. The highest BCUT2D eigenvalue weighted by molar-refractivity contribution is 8.13. The first kappa shape index (κ1) is 26.7. The molecular weight excluding hydrogens is 559 g/mol. The van der Waals surface area contributed by atoms with Gasteiger partial charge in [-0.25, -0.2) is 38.1 Å². The lowest BCUT2D eigenvalue weighted by Crippen LogP contribution is -2.40. The van der Waals surface area contributed by atoms with Gasteiger partial charge in [0.15, 0.2) is 29.2 Å². The zero-order valence-electron chi connectivity index (χ0n) is 21.5. The van der Waals surface area contributed by atoms with Crippen LogP contribution >= 0.6 is 11.8 Å². The maximum absolute atomic E-state index is 15.4. The second-order valence-corrected chi connectivity index (χ2v) is 10.5. The molecule has 1 aromatic carbocycles. The van der Waals surface area contributed by atoms with Crippen LogP contribution in [0.2, 0.25) is 0 Å². The molecule has 0 amide bonds. The molecule has 41 heavy (non-hydrogen) atoms. The molecule has 15 heteroatoms. The van der Waals surface area contributed by atoms with E-state index in [2.05, 4.69) is 30.1 Å². The molecule has 0 saturated carbocycles. The van der Waals surface area contributed by atoms with Gasteiger partial charge in [0.1, 0.15) is 17.1 Å². The number of halogens is 3. The third-order valence-electron chi connectivity index (χ3n) is 6.72. The van der Waals surface area contributed by atoms with Crippen molar-refractivity contribution in [3.8, 4) is 5.88 Å². The van der Waals surface area contributed by atoms with Crippen LogP contribution in [0.4, 0.5) is 19.1 Å². The minimum atomic E-state index is -1.06. The number of benzene rings is 1. The van der Waals surface area contributed by atoms with Crippen LogP contribution in [0.25, 0.3) is 11.9 Å². The molecule has 0 radical (unpaired) electrons. The number of anilines is 1. The summed E-state index contributed by atoms with van der Waals surface area (Å²) in [6.45, 7) is 2.35. The Morgan fingerprint density at radius 2 is 2.02 bits per heavy atom. The second-order valence-electron chi connectivity index (χ2n) is 9.46. The molecule has 0 aliphatic carbocycles. The summed E-state index contributed by atoms with van der Waals surface area (Å²) < 4.78 is 54.4. The van der Waals surface area contributed by atoms with E-state index in [9.17, 15) is 4.39 Å². The van der Waals surface area contributed by atoms with Crippen molar-refractivity contribution in [1.29, 1.82) is 0 Å². The molecule has 5 heterocycles. The lowest BCUT2D eigenvalue weighted by molar-refractivity contribution is 0.234. The van der Waals surface area contributed by atoms with Crippen LogP contribution in [0.5, 0.6) is 5.88 Å². The number of rotatable bonds is 7. The number of aromatic nitrogens is 6. The average molecular weight is 582 g/mol. The number of hydrogen-bond donors (Lipinski definition) is 1. The SMILES string of the molecule is Cc1noc(COc2cnc(/C(F)=C/c3ccc(F)c([C@]45CN(c6ncc(F)cn6)C[C@H]4CSC(N)=N5)c3)cn2)n1. The highest BCUT2D eigenvalue weighted by atomic mass is 32.2. The fourth-order valence-electron chi connectivity index (χ4n) is 4.85. The van der Waals surface area contributed by atoms with E-state index in [4.69, 9.17) is 20.0 Å². The zero-order chi connectivity index (χ0) is 28.6. The number of aliphatic imine (C=N–C) groups is 1. The first-order valence-corrected chi connectivity index (χ1v) is 13.4. The Bertz CT molecular complexity index is 1630. The lowest BCUT2D eigenvalue weighted by atomic mass is 9.81. The van der Waals surface area contributed by atoms with E-state index < -0.39 is 23.0 Å². The molecule has 0 spiro atoms. The number of aryl methyl sites for hydroxylation is 1. The van der Waals surface area contributed by atoms with E-state index >= 15 is 8.78 Å². The minimum absolute atomic E-state index is 0.00942. The van der Waals surface area contributed by atoms with Crippen LogP contribution in [0, 0.1) is 24.5 Å². The van der Waals surface area contributed by atoms with Gasteiger partial charge in [-0.15, -0.1) is 0 Å². The van der Waals surface area contributed by atoms with Crippen LogP contribution < -0.4 is 15.4 Å². The van der Waals surface area contributed by atoms with E-state index in [-0.39, 0.29) is 42.1 Å². The third-order valence-corrected chi connectivity index (χ3v) is 7.67. The standard InChI is InChI=1S/C26H22F3N9O2S/c1-14-35-23(40-37-14)11-39-22-9-31-21(8-32-22)20(29)5-15-2-3-19(28)18(4-15)26-13-38(25-33-6-17(27)7-34-25)10-16(26)12-41-24(30)36-26/h2-9,16H,10-13H2,1H3,(H2,30,36)/b20-5-/t16-,26-/m0/s1. The van der Waals surface area contributed by atoms with Gasteiger partial charge in [0.25, 0.3) is 5.89 Å². The predicted molar refractivity (Wildman–Crippen MR) is 144 cm³/mol. The van der Waals surface area contributed by atoms with Crippen molar-refractivity contribution in [2.24, 2.45) is 16.6 Å². The molecule has 2 aliphatic rings.